The van der Waals surface area contributed by atoms with Gasteiger partial charge in [-0.25, -0.2) is 4.98 Å². The summed E-state index contributed by atoms with van der Waals surface area (Å²) < 4.78 is 1.97. The Morgan fingerprint density at radius 3 is 2.67 bits per heavy atom. The SMILES string of the molecule is Cn1cnc(Cl)c1C(CN)N1CCCC1. The van der Waals surface area contributed by atoms with Crippen molar-refractivity contribution in [3.8, 4) is 0 Å². The first-order valence-corrected chi connectivity index (χ1v) is 5.72. The van der Waals surface area contributed by atoms with Gasteiger partial charge in [0.15, 0.2) is 5.15 Å². The van der Waals surface area contributed by atoms with Crippen LogP contribution in [0.4, 0.5) is 0 Å². The molecule has 0 radical (unpaired) electrons. The number of hydrogen-bond acceptors (Lipinski definition) is 3. The summed E-state index contributed by atoms with van der Waals surface area (Å²) in [7, 11) is 1.97. The summed E-state index contributed by atoms with van der Waals surface area (Å²) in [4.78, 5) is 6.49. The highest BCUT2D eigenvalue weighted by atomic mass is 35.5. The molecular weight excluding hydrogens is 212 g/mol. The fourth-order valence-corrected chi connectivity index (χ4v) is 2.57. The summed E-state index contributed by atoms with van der Waals surface area (Å²) in [6.45, 7) is 2.83. The van der Waals surface area contributed by atoms with E-state index >= 15 is 0 Å². The molecule has 1 unspecified atom stereocenters. The maximum Gasteiger partial charge on any atom is 0.151 e. The Morgan fingerprint density at radius 2 is 2.20 bits per heavy atom. The van der Waals surface area contributed by atoms with E-state index in [1.807, 2.05) is 11.6 Å². The first kappa shape index (κ1) is 10.9. The van der Waals surface area contributed by atoms with Crippen molar-refractivity contribution in [1.82, 2.24) is 14.5 Å². The zero-order valence-corrected chi connectivity index (χ0v) is 9.74. The zero-order valence-electron chi connectivity index (χ0n) is 8.99. The standard InChI is InChI=1S/C10H17ClN4/c1-14-7-13-10(11)9(14)8(6-12)15-4-2-3-5-15/h7-8H,2-6,12H2,1H3. The molecule has 1 aliphatic rings. The number of aryl methyl sites for hydroxylation is 1. The quantitative estimate of drug-likeness (QED) is 0.845. The van der Waals surface area contributed by atoms with Crippen molar-refractivity contribution in [2.75, 3.05) is 19.6 Å². The Kier molecular flexibility index (Phi) is 3.29. The van der Waals surface area contributed by atoms with E-state index in [1.165, 1.54) is 12.8 Å². The second kappa shape index (κ2) is 4.51. The second-order valence-corrected chi connectivity index (χ2v) is 4.38. The number of nitrogens with two attached hydrogens (primary N) is 1. The lowest BCUT2D eigenvalue weighted by Crippen LogP contribution is -2.32. The van der Waals surface area contributed by atoms with Crippen LogP contribution >= 0.6 is 11.6 Å². The van der Waals surface area contributed by atoms with Gasteiger partial charge in [-0.1, -0.05) is 11.6 Å². The molecule has 0 bridgehead atoms. The summed E-state index contributed by atoms with van der Waals surface area (Å²) in [5, 5.41) is 0.583. The molecule has 4 nitrogen and oxygen atoms in total. The molecule has 1 atom stereocenters. The van der Waals surface area contributed by atoms with Gasteiger partial charge in [0.05, 0.1) is 18.1 Å². The van der Waals surface area contributed by atoms with Gasteiger partial charge in [-0.3, -0.25) is 4.90 Å². The van der Waals surface area contributed by atoms with Crippen molar-refractivity contribution < 1.29 is 0 Å². The van der Waals surface area contributed by atoms with Crippen molar-refractivity contribution in [1.29, 1.82) is 0 Å². The lowest BCUT2D eigenvalue weighted by atomic mass is 10.2. The molecule has 0 aliphatic carbocycles. The highest BCUT2D eigenvalue weighted by Gasteiger charge is 2.26. The van der Waals surface area contributed by atoms with Gasteiger partial charge >= 0.3 is 0 Å². The first-order valence-electron chi connectivity index (χ1n) is 5.35. The Bertz CT molecular complexity index is 311. The molecule has 1 aromatic heterocycles. The smallest absolute Gasteiger partial charge is 0.151 e. The van der Waals surface area contributed by atoms with Crippen LogP contribution in [0.1, 0.15) is 24.6 Å². The number of hydrogen-bond donors (Lipinski definition) is 1. The predicted octanol–water partition coefficient (Wildman–Crippen LogP) is 1.17. The number of rotatable bonds is 3. The Labute approximate surface area is 95.0 Å². The highest BCUT2D eigenvalue weighted by Crippen LogP contribution is 2.28. The van der Waals surface area contributed by atoms with Gasteiger partial charge in [-0.05, 0) is 25.9 Å². The molecule has 1 aliphatic heterocycles. The van der Waals surface area contributed by atoms with Crippen LogP contribution in [-0.2, 0) is 7.05 Å². The fourth-order valence-electron chi connectivity index (χ4n) is 2.27. The molecule has 2 heterocycles. The molecule has 5 heteroatoms. The monoisotopic (exact) mass is 228 g/mol. The van der Waals surface area contributed by atoms with E-state index in [1.54, 1.807) is 6.33 Å². The lowest BCUT2D eigenvalue weighted by molar-refractivity contribution is 0.243. The molecule has 1 aromatic rings. The van der Waals surface area contributed by atoms with E-state index in [4.69, 9.17) is 17.3 Å². The van der Waals surface area contributed by atoms with Crippen LogP contribution in [0.2, 0.25) is 5.15 Å². The van der Waals surface area contributed by atoms with Gasteiger partial charge in [0.25, 0.3) is 0 Å². The van der Waals surface area contributed by atoms with Crippen molar-refractivity contribution in [2.45, 2.75) is 18.9 Å². The molecule has 84 valence electrons. The molecule has 2 N–H and O–H groups in total. The average Bonchev–Trinajstić information content (AvgIpc) is 2.83. The molecule has 2 rings (SSSR count). The summed E-state index contributed by atoms with van der Waals surface area (Å²) in [6.07, 6.45) is 4.26. The minimum Gasteiger partial charge on any atom is -0.335 e. The number of halogens is 1. The topological polar surface area (TPSA) is 47.1 Å². The van der Waals surface area contributed by atoms with Gasteiger partial charge in [0.1, 0.15) is 0 Å². The van der Waals surface area contributed by atoms with Crippen LogP contribution in [0, 0.1) is 0 Å². The summed E-state index contributed by atoms with van der Waals surface area (Å²) in [5.41, 5.74) is 6.88. The van der Waals surface area contributed by atoms with Gasteiger partial charge in [0, 0.05) is 13.6 Å². The predicted molar refractivity (Wildman–Crippen MR) is 60.8 cm³/mol. The third-order valence-corrected chi connectivity index (χ3v) is 3.35. The number of nitrogens with zero attached hydrogens (tertiary/aromatic N) is 3. The van der Waals surface area contributed by atoms with Crippen LogP contribution in [0.25, 0.3) is 0 Å². The molecule has 0 saturated carbocycles. The average molecular weight is 229 g/mol. The fraction of sp³-hybridized carbons (Fsp3) is 0.700. The Hall–Kier alpha value is -0.580. The maximum atomic E-state index is 6.08. The van der Waals surface area contributed by atoms with Crippen molar-refractivity contribution in [3.63, 3.8) is 0 Å². The van der Waals surface area contributed by atoms with E-state index in [2.05, 4.69) is 9.88 Å². The van der Waals surface area contributed by atoms with Gasteiger partial charge in [-0.15, -0.1) is 0 Å². The maximum absolute atomic E-state index is 6.08. The summed E-state index contributed by atoms with van der Waals surface area (Å²) in [5.74, 6) is 0. The van der Waals surface area contributed by atoms with E-state index in [0.717, 1.165) is 18.8 Å². The molecule has 1 saturated heterocycles. The van der Waals surface area contributed by atoms with E-state index < -0.39 is 0 Å². The minimum atomic E-state index is 0.215. The van der Waals surface area contributed by atoms with Gasteiger partial charge in [-0.2, -0.15) is 0 Å². The molecule has 0 amide bonds. The third kappa shape index (κ3) is 2.02. The largest absolute Gasteiger partial charge is 0.335 e. The molecule has 0 spiro atoms. The van der Waals surface area contributed by atoms with E-state index in [9.17, 15) is 0 Å². The molecule has 15 heavy (non-hydrogen) atoms. The van der Waals surface area contributed by atoms with E-state index in [-0.39, 0.29) is 6.04 Å². The van der Waals surface area contributed by atoms with Crippen LogP contribution in [0.3, 0.4) is 0 Å². The molecule has 1 fully saturated rings. The molecule has 0 aromatic carbocycles. The lowest BCUT2D eigenvalue weighted by Gasteiger charge is -2.26. The summed E-state index contributed by atoms with van der Waals surface area (Å²) in [6, 6.07) is 0.215. The second-order valence-electron chi connectivity index (χ2n) is 4.03. The highest BCUT2D eigenvalue weighted by molar-refractivity contribution is 6.30. The minimum absolute atomic E-state index is 0.215. The number of imidazole rings is 1. The number of aromatic nitrogens is 2. The van der Waals surface area contributed by atoms with Gasteiger partial charge < -0.3 is 10.3 Å². The van der Waals surface area contributed by atoms with Crippen LogP contribution in [-0.4, -0.2) is 34.1 Å². The molecular formula is C10H17ClN4. The van der Waals surface area contributed by atoms with Crippen LogP contribution < -0.4 is 5.73 Å². The van der Waals surface area contributed by atoms with Crippen molar-refractivity contribution >= 4 is 11.6 Å². The zero-order chi connectivity index (χ0) is 10.8. The number of likely N-dealkylation sites (tertiary alicyclic amines) is 1. The van der Waals surface area contributed by atoms with Gasteiger partial charge in [0.2, 0.25) is 0 Å². The first-order chi connectivity index (χ1) is 7.24. The van der Waals surface area contributed by atoms with Crippen LogP contribution in [0.15, 0.2) is 6.33 Å². The summed E-state index contributed by atoms with van der Waals surface area (Å²) >= 11 is 6.08. The van der Waals surface area contributed by atoms with Crippen molar-refractivity contribution in [3.05, 3.63) is 17.2 Å². The Balaban J connectivity index is 2.25. The van der Waals surface area contributed by atoms with Crippen molar-refractivity contribution in [2.24, 2.45) is 12.8 Å². The van der Waals surface area contributed by atoms with E-state index in [0.29, 0.717) is 11.7 Å². The third-order valence-electron chi connectivity index (χ3n) is 3.06. The normalized spacial score (nSPS) is 19.7. The van der Waals surface area contributed by atoms with Crippen LogP contribution in [0.5, 0.6) is 0 Å². The Morgan fingerprint density at radius 1 is 1.53 bits per heavy atom.